The van der Waals surface area contributed by atoms with Gasteiger partial charge in [-0.3, -0.25) is 14.4 Å². The fourth-order valence-electron chi connectivity index (χ4n) is 8.08. The van der Waals surface area contributed by atoms with E-state index in [1.54, 1.807) is 0 Å². The summed E-state index contributed by atoms with van der Waals surface area (Å²) < 4.78 is 16.9. The molecular weight excluding hydrogens is 865 g/mol. The van der Waals surface area contributed by atoms with Crippen molar-refractivity contribution in [3.63, 3.8) is 0 Å². The first-order valence-electron chi connectivity index (χ1n) is 29.6. The lowest BCUT2D eigenvalue weighted by molar-refractivity contribution is -0.167. The molecule has 0 bridgehead atoms. The zero-order chi connectivity index (χ0) is 50.7. The number of rotatable bonds is 53. The van der Waals surface area contributed by atoms with Crippen molar-refractivity contribution in [1.29, 1.82) is 0 Å². The zero-order valence-corrected chi connectivity index (χ0v) is 46.0. The maximum absolute atomic E-state index is 12.8. The van der Waals surface area contributed by atoms with Gasteiger partial charge in [0.05, 0.1) is 0 Å². The van der Waals surface area contributed by atoms with E-state index in [-0.39, 0.29) is 31.1 Å². The molecule has 0 saturated heterocycles. The first-order chi connectivity index (χ1) is 34.5. The van der Waals surface area contributed by atoms with E-state index in [2.05, 4.69) is 106 Å². The predicted molar refractivity (Wildman–Crippen MR) is 302 cm³/mol. The molecule has 0 aromatic rings. The molecule has 0 saturated carbocycles. The minimum atomic E-state index is -0.794. The van der Waals surface area contributed by atoms with Crippen molar-refractivity contribution < 1.29 is 28.6 Å². The summed E-state index contributed by atoms with van der Waals surface area (Å²) in [5, 5.41) is 0. The molecule has 0 N–H and O–H groups in total. The van der Waals surface area contributed by atoms with E-state index in [1.165, 1.54) is 116 Å². The van der Waals surface area contributed by atoms with Crippen LogP contribution in [-0.4, -0.2) is 37.2 Å². The molecule has 0 aromatic heterocycles. The molecule has 0 aromatic carbocycles. The summed E-state index contributed by atoms with van der Waals surface area (Å²) in [6.45, 7) is 6.54. The van der Waals surface area contributed by atoms with E-state index in [1.807, 2.05) is 0 Å². The van der Waals surface area contributed by atoms with Crippen LogP contribution in [0, 0.1) is 0 Å². The third-order valence-corrected chi connectivity index (χ3v) is 12.6. The van der Waals surface area contributed by atoms with E-state index >= 15 is 0 Å². The second-order valence-electron chi connectivity index (χ2n) is 19.5. The molecule has 0 amide bonds. The van der Waals surface area contributed by atoms with E-state index in [9.17, 15) is 14.4 Å². The van der Waals surface area contributed by atoms with Gasteiger partial charge < -0.3 is 14.2 Å². The van der Waals surface area contributed by atoms with Gasteiger partial charge in [-0.2, -0.15) is 0 Å². The van der Waals surface area contributed by atoms with Gasteiger partial charge in [0.1, 0.15) is 13.2 Å². The summed E-state index contributed by atoms with van der Waals surface area (Å²) in [5.74, 6) is -0.920. The number of hydrogen-bond donors (Lipinski definition) is 0. The normalized spacial score (nSPS) is 12.7. The average molecular weight is 976 g/mol. The third kappa shape index (κ3) is 55.5. The Morgan fingerprint density at radius 1 is 0.286 bits per heavy atom. The van der Waals surface area contributed by atoms with Gasteiger partial charge in [0.15, 0.2) is 6.10 Å². The summed E-state index contributed by atoms with van der Waals surface area (Å²) >= 11 is 0. The lowest BCUT2D eigenvalue weighted by atomic mass is 10.1. The molecule has 0 radical (unpaired) electrons. The summed E-state index contributed by atoms with van der Waals surface area (Å²) in [6, 6.07) is 0. The predicted octanol–water partition coefficient (Wildman–Crippen LogP) is 19.9. The highest BCUT2D eigenvalue weighted by atomic mass is 16.6. The Bertz CT molecular complexity index is 1350. The van der Waals surface area contributed by atoms with Gasteiger partial charge in [0.25, 0.3) is 0 Å². The first kappa shape index (κ1) is 66.6. The highest BCUT2D eigenvalue weighted by molar-refractivity contribution is 5.71. The molecule has 0 aliphatic carbocycles. The molecule has 0 aliphatic rings. The lowest BCUT2D eigenvalue weighted by Gasteiger charge is -2.18. The number of carbonyl (C=O) groups is 3. The maximum atomic E-state index is 12.8. The smallest absolute Gasteiger partial charge is 0.306 e. The van der Waals surface area contributed by atoms with Crippen LogP contribution in [0.3, 0.4) is 0 Å². The van der Waals surface area contributed by atoms with Crippen molar-refractivity contribution in [2.75, 3.05) is 13.2 Å². The van der Waals surface area contributed by atoms with Crippen molar-refractivity contribution in [3.05, 3.63) is 85.1 Å². The van der Waals surface area contributed by atoms with Crippen LogP contribution in [0.4, 0.5) is 0 Å². The van der Waals surface area contributed by atoms with E-state index in [4.69, 9.17) is 14.2 Å². The monoisotopic (exact) mass is 975 g/mol. The van der Waals surface area contributed by atoms with Crippen LogP contribution in [0.1, 0.15) is 284 Å². The Labute approximate surface area is 433 Å². The molecule has 6 heteroatoms. The average Bonchev–Trinajstić information content (AvgIpc) is 3.36. The Kier molecular flexibility index (Phi) is 55.3. The Morgan fingerprint density at radius 2 is 0.529 bits per heavy atom. The number of hydrogen-bond acceptors (Lipinski definition) is 6. The summed E-state index contributed by atoms with van der Waals surface area (Å²) in [4.78, 5) is 38.2. The highest BCUT2D eigenvalue weighted by Gasteiger charge is 2.19. The van der Waals surface area contributed by atoms with Crippen LogP contribution < -0.4 is 0 Å². The van der Waals surface area contributed by atoms with Crippen molar-refractivity contribution in [2.45, 2.75) is 290 Å². The topological polar surface area (TPSA) is 78.9 Å². The van der Waals surface area contributed by atoms with Crippen LogP contribution >= 0.6 is 0 Å². The van der Waals surface area contributed by atoms with Crippen LogP contribution in [0.25, 0.3) is 0 Å². The van der Waals surface area contributed by atoms with Crippen molar-refractivity contribution in [3.8, 4) is 0 Å². The lowest BCUT2D eigenvalue weighted by Crippen LogP contribution is -2.30. The van der Waals surface area contributed by atoms with E-state index in [0.717, 1.165) is 128 Å². The summed E-state index contributed by atoms with van der Waals surface area (Å²) in [7, 11) is 0. The van der Waals surface area contributed by atoms with Crippen molar-refractivity contribution in [1.82, 2.24) is 0 Å². The molecule has 0 spiro atoms. The molecule has 70 heavy (non-hydrogen) atoms. The molecule has 402 valence electrons. The molecule has 0 rings (SSSR count). The van der Waals surface area contributed by atoms with E-state index < -0.39 is 6.10 Å². The van der Waals surface area contributed by atoms with Crippen LogP contribution in [0.2, 0.25) is 0 Å². The Balaban J connectivity index is 4.38. The fraction of sp³-hybridized carbons (Fsp3) is 0.734. The standard InChI is InChI=1S/C64H110O6/c1-4-7-10-13-16-19-22-25-28-29-30-31-32-33-34-35-37-39-42-45-48-51-54-57-63(66)69-60-61(59-68-62(65)56-53-50-47-44-41-38-27-24-21-18-15-12-9-6-3)70-64(67)58-55-52-49-46-43-40-36-26-23-20-17-14-11-8-5-2/h15,17-18,20,22,24-27,29-30,32-33,36,61H,4-14,16,19,21,23,28,31,34-35,37-60H2,1-3H3/b18-15-,20-17-,25-22-,27-24-,30-29-,33-32-,36-26-. The van der Waals surface area contributed by atoms with Gasteiger partial charge in [-0.15, -0.1) is 0 Å². The van der Waals surface area contributed by atoms with Crippen LogP contribution in [0.5, 0.6) is 0 Å². The number of allylic oxidation sites excluding steroid dienone is 14. The maximum Gasteiger partial charge on any atom is 0.306 e. The van der Waals surface area contributed by atoms with Gasteiger partial charge in [0.2, 0.25) is 0 Å². The van der Waals surface area contributed by atoms with Crippen molar-refractivity contribution >= 4 is 17.9 Å². The second kappa shape index (κ2) is 58.2. The number of unbranched alkanes of at least 4 members (excludes halogenated alkanes) is 28. The minimum Gasteiger partial charge on any atom is -0.462 e. The molecule has 1 unspecified atom stereocenters. The second-order valence-corrected chi connectivity index (χ2v) is 19.5. The minimum absolute atomic E-state index is 0.0908. The molecular formula is C64H110O6. The van der Waals surface area contributed by atoms with Gasteiger partial charge in [0, 0.05) is 19.3 Å². The molecule has 0 heterocycles. The largest absolute Gasteiger partial charge is 0.462 e. The summed E-state index contributed by atoms with van der Waals surface area (Å²) in [6.07, 6.45) is 75.7. The highest BCUT2D eigenvalue weighted by Crippen LogP contribution is 2.14. The van der Waals surface area contributed by atoms with Gasteiger partial charge in [-0.25, -0.2) is 0 Å². The third-order valence-electron chi connectivity index (χ3n) is 12.6. The van der Waals surface area contributed by atoms with Crippen LogP contribution in [0.15, 0.2) is 85.1 Å². The van der Waals surface area contributed by atoms with Crippen molar-refractivity contribution in [2.24, 2.45) is 0 Å². The molecule has 0 aliphatic heterocycles. The van der Waals surface area contributed by atoms with Crippen LogP contribution in [-0.2, 0) is 28.6 Å². The molecule has 0 fully saturated rings. The zero-order valence-electron chi connectivity index (χ0n) is 46.0. The molecule has 1 atom stereocenters. The number of esters is 3. The number of carbonyl (C=O) groups excluding carboxylic acids is 3. The quantitative estimate of drug-likeness (QED) is 0.0261. The Morgan fingerprint density at radius 3 is 0.871 bits per heavy atom. The van der Waals surface area contributed by atoms with Gasteiger partial charge in [-0.05, 0) is 116 Å². The first-order valence-corrected chi connectivity index (χ1v) is 29.6. The van der Waals surface area contributed by atoms with Gasteiger partial charge >= 0.3 is 17.9 Å². The molecule has 6 nitrogen and oxygen atoms in total. The SMILES string of the molecule is CCCC/C=C\C/C=C\CCCCCCCC(=O)OCC(COC(=O)CCCCCCCCCC/C=C\C/C=C\C/C=C\CCCCCCC)OC(=O)CCCCCCC/C=C\C/C=C\CCCCC. The number of ether oxygens (including phenoxy) is 3. The summed E-state index contributed by atoms with van der Waals surface area (Å²) in [5.41, 5.74) is 0. The Hall–Kier alpha value is -3.41. The fourth-order valence-corrected chi connectivity index (χ4v) is 8.08. The van der Waals surface area contributed by atoms with E-state index in [0.29, 0.717) is 19.3 Å². The van der Waals surface area contributed by atoms with Gasteiger partial charge in [-0.1, -0.05) is 234 Å².